The van der Waals surface area contributed by atoms with E-state index < -0.39 is 0 Å². The maximum absolute atomic E-state index is 9.88. The lowest BCUT2D eigenvalue weighted by atomic mass is 10.0. The van der Waals surface area contributed by atoms with Gasteiger partial charge in [0.25, 0.3) is 0 Å². The molecule has 1 fully saturated rings. The van der Waals surface area contributed by atoms with E-state index in [1.807, 2.05) is 13.8 Å². The Balaban J connectivity index is 0.000000671. The maximum atomic E-state index is 9.88. The van der Waals surface area contributed by atoms with Crippen molar-refractivity contribution >= 4 is 0 Å². The topological polar surface area (TPSA) is 32.3 Å². The van der Waals surface area contributed by atoms with Crippen molar-refractivity contribution in [1.29, 1.82) is 0 Å². The first kappa shape index (κ1) is 12.9. The van der Waals surface area contributed by atoms with E-state index in [1.54, 1.807) is 0 Å². The Bertz CT molecular complexity index is 117. The second kappa shape index (κ2) is 6.39. The number of hydrogen-bond donors (Lipinski definition) is 2. The van der Waals surface area contributed by atoms with Crippen LogP contribution in [0, 0.1) is 0 Å². The quantitative estimate of drug-likeness (QED) is 0.710. The lowest BCUT2D eigenvalue weighted by Crippen LogP contribution is -2.40. The lowest BCUT2D eigenvalue weighted by Gasteiger charge is -2.23. The van der Waals surface area contributed by atoms with Gasteiger partial charge in [-0.3, -0.25) is 0 Å². The van der Waals surface area contributed by atoms with E-state index in [4.69, 9.17) is 0 Å². The summed E-state index contributed by atoms with van der Waals surface area (Å²) in [4.78, 5) is 0. The van der Waals surface area contributed by atoms with Crippen molar-refractivity contribution in [2.75, 3.05) is 6.54 Å². The number of rotatable bonds is 3. The molecular weight excluding hydrogens is 162 g/mol. The molecule has 80 valence electrons. The molecular formula is C11H25NO. The summed E-state index contributed by atoms with van der Waals surface area (Å²) in [7, 11) is 0. The van der Waals surface area contributed by atoms with Crippen molar-refractivity contribution < 1.29 is 5.11 Å². The monoisotopic (exact) mass is 187 g/mol. The van der Waals surface area contributed by atoms with E-state index >= 15 is 0 Å². The van der Waals surface area contributed by atoms with Gasteiger partial charge < -0.3 is 10.4 Å². The normalized spacial score (nSPS) is 19.8. The summed E-state index contributed by atoms with van der Waals surface area (Å²) in [6.45, 7) is 8.99. The molecule has 1 aliphatic rings. The summed E-state index contributed by atoms with van der Waals surface area (Å²) in [5.74, 6) is 0. The number of hydrogen-bond acceptors (Lipinski definition) is 2. The molecule has 0 atom stereocenters. The number of nitrogens with one attached hydrogen (secondary N) is 1. The van der Waals surface area contributed by atoms with E-state index in [9.17, 15) is 5.11 Å². The van der Waals surface area contributed by atoms with Crippen LogP contribution in [0.5, 0.6) is 0 Å². The molecule has 2 heteroatoms. The van der Waals surface area contributed by atoms with Crippen LogP contribution in [0.15, 0.2) is 0 Å². The van der Waals surface area contributed by atoms with Crippen LogP contribution in [0.2, 0.25) is 0 Å². The van der Waals surface area contributed by atoms with Crippen LogP contribution < -0.4 is 5.32 Å². The van der Waals surface area contributed by atoms with Crippen LogP contribution in [0.1, 0.15) is 53.4 Å². The Morgan fingerprint density at radius 2 is 1.69 bits per heavy atom. The predicted octanol–water partition coefficient (Wildman–Crippen LogP) is 2.32. The van der Waals surface area contributed by atoms with Crippen molar-refractivity contribution in [2.24, 2.45) is 0 Å². The molecule has 0 saturated heterocycles. The summed E-state index contributed by atoms with van der Waals surface area (Å²) in [6, 6.07) is 0.486. The minimum atomic E-state index is -0.385. The second-order valence-electron chi connectivity index (χ2n) is 3.97. The Morgan fingerprint density at radius 1 is 1.23 bits per heavy atom. The van der Waals surface area contributed by atoms with E-state index in [2.05, 4.69) is 19.2 Å². The Morgan fingerprint density at radius 3 is 2.08 bits per heavy atom. The van der Waals surface area contributed by atoms with Gasteiger partial charge in [-0.25, -0.2) is 0 Å². The zero-order chi connectivity index (χ0) is 10.3. The minimum Gasteiger partial charge on any atom is -0.389 e. The van der Waals surface area contributed by atoms with E-state index in [1.165, 1.54) is 12.8 Å². The van der Waals surface area contributed by atoms with Gasteiger partial charge in [0.1, 0.15) is 0 Å². The van der Waals surface area contributed by atoms with Crippen LogP contribution in [0.3, 0.4) is 0 Å². The van der Waals surface area contributed by atoms with Crippen molar-refractivity contribution in [3.05, 3.63) is 0 Å². The molecule has 1 saturated carbocycles. The zero-order valence-corrected chi connectivity index (χ0v) is 9.56. The Kier molecular flexibility index (Phi) is 6.35. The Labute approximate surface area is 82.7 Å². The third kappa shape index (κ3) is 5.27. The third-order valence-electron chi connectivity index (χ3n) is 2.37. The van der Waals surface area contributed by atoms with Gasteiger partial charge in [-0.2, -0.15) is 0 Å². The second-order valence-corrected chi connectivity index (χ2v) is 3.97. The highest BCUT2D eigenvalue weighted by atomic mass is 16.3. The van der Waals surface area contributed by atoms with Gasteiger partial charge in [0, 0.05) is 12.6 Å². The molecule has 0 aromatic heterocycles. The molecule has 0 spiro atoms. The zero-order valence-electron chi connectivity index (χ0n) is 9.56. The van der Waals surface area contributed by atoms with Gasteiger partial charge in [-0.15, -0.1) is 0 Å². The van der Waals surface area contributed by atoms with Gasteiger partial charge in [0.2, 0.25) is 0 Å². The fourth-order valence-electron chi connectivity index (χ4n) is 1.60. The fraction of sp³-hybridized carbons (Fsp3) is 1.00. The van der Waals surface area contributed by atoms with Gasteiger partial charge >= 0.3 is 0 Å². The summed E-state index contributed by atoms with van der Waals surface area (Å²) in [5, 5.41) is 13.2. The SMILES string of the molecule is CC.CC(C)NCC1(O)CCCC1. The third-order valence-corrected chi connectivity index (χ3v) is 2.37. The van der Waals surface area contributed by atoms with Crippen molar-refractivity contribution in [2.45, 2.75) is 65.0 Å². The van der Waals surface area contributed by atoms with Crippen LogP contribution in [-0.4, -0.2) is 23.3 Å². The molecule has 0 bridgehead atoms. The van der Waals surface area contributed by atoms with Crippen LogP contribution in [0.25, 0.3) is 0 Å². The van der Waals surface area contributed by atoms with Gasteiger partial charge in [0.05, 0.1) is 5.60 Å². The van der Waals surface area contributed by atoms with E-state index in [-0.39, 0.29) is 5.60 Å². The molecule has 0 amide bonds. The molecule has 0 aliphatic heterocycles. The summed E-state index contributed by atoms with van der Waals surface area (Å²) < 4.78 is 0. The standard InChI is InChI=1S/C9H19NO.C2H6/c1-8(2)10-7-9(11)5-3-4-6-9;1-2/h8,10-11H,3-7H2,1-2H3;1-2H3. The predicted molar refractivity (Wildman–Crippen MR) is 57.9 cm³/mol. The van der Waals surface area contributed by atoms with Crippen LogP contribution in [-0.2, 0) is 0 Å². The van der Waals surface area contributed by atoms with E-state index in [0.29, 0.717) is 6.04 Å². The average Bonchev–Trinajstić information content (AvgIpc) is 2.54. The maximum Gasteiger partial charge on any atom is 0.0771 e. The molecule has 13 heavy (non-hydrogen) atoms. The van der Waals surface area contributed by atoms with Crippen molar-refractivity contribution in [1.82, 2.24) is 5.32 Å². The largest absolute Gasteiger partial charge is 0.389 e. The lowest BCUT2D eigenvalue weighted by molar-refractivity contribution is 0.0459. The molecule has 1 rings (SSSR count). The van der Waals surface area contributed by atoms with Crippen molar-refractivity contribution in [3.63, 3.8) is 0 Å². The molecule has 0 aromatic carbocycles. The molecule has 2 N–H and O–H groups in total. The molecule has 1 aliphatic carbocycles. The summed E-state index contributed by atoms with van der Waals surface area (Å²) in [5.41, 5.74) is -0.385. The summed E-state index contributed by atoms with van der Waals surface area (Å²) >= 11 is 0. The molecule has 0 aromatic rings. The number of aliphatic hydroxyl groups is 1. The van der Waals surface area contributed by atoms with Crippen LogP contribution >= 0.6 is 0 Å². The first-order chi connectivity index (χ1) is 6.12. The Hall–Kier alpha value is -0.0800. The highest BCUT2D eigenvalue weighted by Crippen LogP contribution is 2.28. The highest BCUT2D eigenvalue weighted by Gasteiger charge is 2.30. The summed E-state index contributed by atoms with van der Waals surface area (Å²) in [6.07, 6.45) is 4.34. The fourth-order valence-corrected chi connectivity index (χ4v) is 1.60. The molecule has 0 heterocycles. The van der Waals surface area contributed by atoms with Gasteiger partial charge in [-0.1, -0.05) is 40.5 Å². The molecule has 0 unspecified atom stereocenters. The van der Waals surface area contributed by atoms with Gasteiger partial charge in [-0.05, 0) is 12.8 Å². The molecule has 2 nitrogen and oxygen atoms in total. The van der Waals surface area contributed by atoms with E-state index in [0.717, 1.165) is 19.4 Å². The van der Waals surface area contributed by atoms with Crippen LogP contribution in [0.4, 0.5) is 0 Å². The first-order valence-electron chi connectivity index (χ1n) is 5.58. The molecule has 0 radical (unpaired) electrons. The van der Waals surface area contributed by atoms with Gasteiger partial charge in [0.15, 0.2) is 0 Å². The smallest absolute Gasteiger partial charge is 0.0771 e. The highest BCUT2D eigenvalue weighted by molar-refractivity contribution is 4.86. The van der Waals surface area contributed by atoms with Crippen molar-refractivity contribution in [3.8, 4) is 0 Å². The minimum absolute atomic E-state index is 0.385. The first-order valence-corrected chi connectivity index (χ1v) is 5.58. The average molecular weight is 187 g/mol.